The van der Waals surface area contributed by atoms with Gasteiger partial charge in [-0.1, -0.05) is 0 Å². The van der Waals surface area contributed by atoms with Crippen molar-refractivity contribution in [1.82, 2.24) is 4.57 Å². The van der Waals surface area contributed by atoms with Gasteiger partial charge in [0.1, 0.15) is 17.5 Å². The molecule has 0 radical (unpaired) electrons. The van der Waals surface area contributed by atoms with E-state index in [0.29, 0.717) is 12.4 Å². The van der Waals surface area contributed by atoms with E-state index in [1.54, 1.807) is 0 Å². The molecule has 0 bridgehead atoms. The van der Waals surface area contributed by atoms with Gasteiger partial charge in [-0.3, -0.25) is 9.59 Å². The molecule has 0 N–H and O–H groups in total. The van der Waals surface area contributed by atoms with Crippen LogP contribution in [-0.2, 0) is 0 Å². The lowest BCUT2D eigenvalue weighted by Crippen LogP contribution is -2.15. The summed E-state index contributed by atoms with van der Waals surface area (Å²) in [5.74, 6) is -2.23. The molecule has 2 aromatic carbocycles. The number of rotatable bonds is 2. The molecule has 1 heterocycles. The molecule has 0 unspecified atom stereocenters. The van der Waals surface area contributed by atoms with Crippen LogP contribution in [-0.4, -0.2) is 10.9 Å². The second-order valence-electron chi connectivity index (χ2n) is 5.12. The summed E-state index contributed by atoms with van der Waals surface area (Å²) in [6, 6.07) is 5.32. The lowest BCUT2D eigenvalue weighted by molar-refractivity contribution is 0.112. The highest BCUT2D eigenvalue weighted by Crippen LogP contribution is 2.23. The number of carbonyl (C=O) groups is 1. The minimum absolute atomic E-state index is 0.0505. The van der Waals surface area contributed by atoms with Crippen molar-refractivity contribution in [3.05, 3.63) is 75.3 Å². The van der Waals surface area contributed by atoms with Crippen LogP contribution in [0.2, 0.25) is 0 Å². The molecular formula is C17H10F3NO2. The van der Waals surface area contributed by atoms with Crippen molar-refractivity contribution < 1.29 is 18.0 Å². The van der Waals surface area contributed by atoms with Crippen molar-refractivity contribution in [2.24, 2.45) is 0 Å². The van der Waals surface area contributed by atoms with Gasteiger partial charge in [0.15, 0.2) is 11.7 Å². The SMILES string of the molecule is Cc1cc2c(cc1F)c(=O)c(C=O)cn2-c1ccc(F)cc1F. The van der Waals surface area contributed by atoms with Gasteiger partial charge in [0.05, 0.1) is 16.8 Å². The van der Waals surface area contributed by atoms with Crippen LogP contribution in [0.4, 0.5) is 13.2 Å². The summed E-state index contributed by atoms with van der Waals surface area (Å²) in [4.78, 5) is 23.3. The van der Waals surface area contributed by atoms with E-state index in [1.165, 1.54) is 23.6 Å². The third-order valence-corrected chi connectivity index (χ3v) is 3.61. The van der Waals surface area contributed by atoms with Gasteiger partial charge < -0.3 is 4.57 Å². The number of benzene rings is 2. The average Bonchev–Trinajstić information content (AvgIpc) is 2.51. The molecule has 3 aromatic rings. The minimum Gasteiger partial charge on any atom is -0.313 e. The Kier molecular flexibility index (Phi) is 3.52. The topological polar surface area (TPSA) is 39.1 Å². The number of hydrogen-bond donors (Lipinski definition) is 0. The molecule has 0 spiro atoms. The summed E-state index contributed by atoms with van der Waals surface area (Å²) in [5, 5.41) is -0.0542. The molecule has 1 aromatic heterocycles. The van der Waals surface area contributed by atoms with Crippen LogP contribution in [0.15, 0.2) is 41.3 Å². The van der Waals surface area contributed by atoms with Gasteiger partial charge in [0.25, 0.3) is 0 Å². The number of pyridine rings is 1. The second kappa shape index (κ2) is 5.39. The van der Waals surface area contributed by atoms with E-state index < -0.39 is 22.9 Å². The molecule has 3 nitrogen and oxygen atoms in total. The summed E-state index contributed by atoms with van der Waals surface area (Å²) >= 11 is 0. The van der Waals surface area contributed by atoms with Gasteiger partial charge in [-0.2, -0.15) is 0 Å². The van der Waals surface area contributed by atoms with Crippen LogP contribution in [0.3, 0.4) is 0 Å². The molecule has 0 fully saturated rings. The van der Waals surface area contributed by atoms with E-state index in [0.717, 1.165) is 18.3 Å². The predicted molar refractivity (Wildman–Crippen MR) is 79.5 cm³/mol. The molecule has 6 heteroatoms. The fourth-order valence-electron chi connectivity index (χ4n) is 2.43. The Bertz CT molecular complexity index is 1010. The minimum atomic E-state index is -0.867. The Labute approximate surface area is 128 Å². The maximum Gasteiger partial charge on any atom is 0.200 e. The Hall–Kier alpha value is -2.89. The van der Waals surface area contributed by atoms with E-state index in [1.807, 2.05) is 0 Å². The molecular weight excluding hydrogens is 307 g/mol. The van der Waals surface area contributed by atoms with E-state index in [9.17, 15) is 22.8 Å². The molecule has 0 aliphatic carbocycles. The first-order valence-electron chi connectivity index (χ1n) is 6.68. The average molecular weight is 317 g/mol. The number of hydrogen-bond acceptors (Lipinski definition) is 2. The molecule has 0 saturated heterocycles. The van der Waals surface area contributed by atoms with E-state index in [2.05, 4.69) is 0 Å². The zero-order valence-corrected chi connectivity index (χ0v) is 11.9. The quantitative estimate of drug-likeness (QED) is 0.678. The summed E-state index contributed by atoms with van der Waals surface area (Å²) in [5.41, 5.74) is -0.459. The van der Waals surface area contributed by atoms with E-state index in [4.69, 9.17) is 0 Å². The normalized spacial score (nSPS) is 11.0. The maximum absolute atomic E-state index is 14.1. The number of fused-ring (bicyclic) bond motifs is 1. The van der Waals surface area contributed by atoms with Gasteiger partial charge in [0.2, 0.25) is 0 Å². The van der Waals surface area contributed by atoms with Crippen molar-refractivity contribution in [3.63, 3.8) is 0 Å². The van der Waals surface area contributed by atoms with E-state index in [-0.39, 0.29) is 27.7 Å². The van der Waals surface area contributed by atoms with Crippen molar-refractivity contribution in [1.29, 1.82) is 0 Å². The van der Waals surface area contributed by atoms with Gasteiger partial charge in [-0.05, 0) is 36.8 Å². The van der Waals surface area contributed by atoms with Crippen molar-refractivity contribution >= 4 is 17.2 Å². The number of aldehydes is 1. The molecule has 0 saturated carbocycles. The first kappa shape index (κ1) is 15.0. The summed E-state index contributed by atoms with van der Waals surface area (Å²) in [6.07, 6.45) is 1.47. The molecule has 23 heavy (non-hydrogen) atoms. The van der Waals surface area contributed by atoms with Crippen molar-refractivity contribution in [2.45, 2.75) is 6.92 Å². The Balaban J connectivity index is 2.49. The smallest absolute Gasteiger partial charge is 0.200 e. The van der Waals surface area contributed by atoms with Crippen LogP contribution in [0.1, 0.15) is 15.9 Å². The third kappa shape index (κ3) is 2.42. The largest absolute Gasteiger partial charge is 0.313 e. The Morgan fingerprint density at radius 3 is 2.43 bits per heavy atom. The number of aryl methyl sites for hydroxylation is 1. The highest BCUT2D eigenvalue weighted by molar-refractivity contribution is 5.87. The van der Waals surface area contributed by atoms with E-state index >= 15 is 0 Å². The third-order valence-electron chi connectivity index (χ3n) is 3.61. The molecule has 0 aliphatic heterocycles. The first-order valence-corrected chi connectivity index (χ1v) is 6.68. The van der Waals surface area contributed by atoms with Crippen molar-refractivity contribution in [3.8, 4) is 5.69 Å². The first-order chi connectivity index (χ1) is 10.9. The van der Waals surface area contributed by atoms with Gasteiger partial charge in [-0.25, -0.2) is 13.2 Å². The lowest BCUT2D eigenvalue weighted by Gasteiger charge is -2.14. The van der Waals surface area contributed by atoms with Crippen LogP contribution in [0.5, 0.6) is 0 Å². The number of nitrogens with zero attached hydrogens (tertiary/aromatic N) is 1. The van der Waals surface area contributed by atoms with Gasteiger partial charge in [-0.15, -0.1) is 0 Å². The van der Waals surface area contributed by atoms with Crippen LogP contribution in [0, 0.1) is 24.4 Å². The monoisotopic (exact) mass is 317 g/mol. The predicted octanol–water partition coefficient (Wildman–Crippen LogP) is 3.53. The number of halogens is 3. The number of aromatic nitrogens is 1. The molecule has 0 aliphatic rings. The molecule has 0 amide bonds. The highest BCUT2D eigenvalue weighted by Gasteiger charge is 2.15. The van der Waals surface area contributed by atoms with Crippen LogP contribution < -0.4 is 5.43 Å². The lowest BCUT2D eigenvalue weighted by atomic mass is 10.1. The fraction of sp³-hybridized carbons (Fsp3) is 0.0588. The molecule has 0 atom stereocenters. The van der Waals surface area contributed by atoms with Crippen LogP contribution in [0.25, 0.3) is 16.6 Å². The standard InChI is InChI=1S/C17H10F3NO2/c1-9-4-16-12(6-13(9)19)17(23)10(8-22)7-21(16)15-3-2-11(18)5-14(15)20/h2-8H,1H3. The van der Waals surface area contributed by atoms with Crippen molar-refractivity contribution in [2.75, 3.05) is 0 Å². The fourth-order valence-corrected chi connectivity index (χ4v) is 2.43. The molecule has 3 rings (SSSR count). The van der Waals surface area contributed by atoms with Crippen LogP contribution >= 0.6 is 0 Å². The zero-order chi connectivity index (χ0) is 16.7. The summed E-state index contributed by atoms with van der Waals surface area (Å²) < 4.78 is 42.2. The van der Waals surface area contributed by atoms with Gasteiger partial charge in [0, 0.05) is 17.6 Å². The summed E-state index contributed by atoms with van der Waals surface area (Å²) in [7, 11) is 0. The van der Waals surface area contributed by atoms with Gasteiger partial charge >= 0.3 is 0 Å². The summed E-state index contributed by atoms with van der Waals surface area (Å²) in [6.45, 7) is 1.50. The molecule has 116 valence electrons. The Morgan fingerprint density at radius 1 is 1.04 bits per heavy atom. The highest BCUT2D eigenvalue weighted by atomic mass is 19.1. The number of carbonyl (C=O) groups excluding carboxylic acids is 1. The Morgan fingerprint density at radius 2 is 1.78 bits per heavy atom. The maximum atomic E-state index is 14.1. The second-order valence-corrected chi connectivity index (χ2v) is 5.12. The zero-order valence-electron chi connectivity index (χ0n) is 11.9.